The van der Waals surface area contributed by atoms with E-state index in [1.807, 2.05) is 57.1 Å². The number of urea groups is 1. The number of carbonyl (C=O) groups excluding carboxylic acids is 1. The first kappa shape index (κ1) is 21.5. The molecule has 2 aromatic rings. The SMILES string of the molecule is COc1cccc(C(CNC(=O)Nc2cc(F)ccc2OC(C)C)N(C)C)c1. The van der Waals surface area contributed by atoms with Gasteiger partial charge in [-0.2, -0.15) is 0 Å². The van der Waals surface area contributed by atoms with Gasteiger partial charge in [0.25, 0.3) is 0 Å². The van der Waals surface area contributed by atoms with E-state index in [4.69, 9.17) is 9.47 Å². The third kappa shape index (κ3) is 6.13. The number of likely N-dealkylation sites (N-methyl/N-ethyl adjacent to an activating group) is 1. The fraction of sp³-hybridized carbons (Fsp3) is 0.381. The number of carbonyl (C=O) groups is 1. The summed E-state index contributed by atoms with van der Waals surface area (Å²) in [5.74, 6) is 0.724. The van der Waals surface area contributed by atoms with E-state index < -0.39 is 11.8 Å². The molecule has 0 heterocycles. The van der Waals surface area contributed by atoms with Crippen molar-refractivity contribution in [2.45, 2.75) is 26.0 Å². The topological polar surface area (TPSA) is 62.8 Å². The molecule has 0 aliphatic rings. The summed E-state index contributed by atoms with van der Waals surface area (Å²) in [6.07, 6.45) is -0.0970. The lowest BCUT2D eigenvalue weighted by molar-refractivity contribution is 0.239. The lowest BCUT2D eigenvalue weighted by Gasteiger charge is -2.25. The molecule has 0 radical (unpaired) electrons. The van der Waals surface area contributed by atoms with Crippen LogP contribution >= 0.6 is 0 Å². The number of nitrogens with zero attached hydrogens (tertiary/aromatic N) is 1. The van der Waals surface area contributed by atoms with Crippen molar-refractivity contribution in [3.05, 3.63) is 53.8 Å². The number of halogens is 1. The van der Waals surface area contributed by atoms with Gasteiger partial charge in [0, 0.05) is 12.6 Å². The van der Waals surface area contributed by atoms with Gasteiger partial charge >= 0.3 is 6.03 Å². The van der Waals surface area contributed by atoms with Crippen molar-refractivity contribution in [3.8, 4) is 11.5 Å². The average Bonchev–Trinajstić information content (AvgIpc) is 2.63. The number of rotatable bonds is 8. The highest BCUT2D eigenvalue weighted by atomic mass is 19.1. The number of benzene rings is 2. The van der Waals surface area contributed by atoms with Gasteiger partial charge in [0.15, 0.2) is 0 Å². The molecular formula is C21H28FN3O3. The van der Waals surface area contributed by atoms with Crippen molar-refractivity contribution < 1.29 is 18.7 Å². The van der Waals surface area contributed by atoms with Gasteiger partial charge in [-0.05, 0) is 57.8 Å². The van der Waals surface area contributed by atoms with E-state index in [-0.39, 0.29) is 17.8 Å². The van der Waals surface area contributed by atoms with Gasteiger partial charge in [-0.25, -0.2) is 9.18 Å². The number of hydrogen-bond acceptors (Lipinski definition) is 4. The van der Waals surface area contributed by atoms with Crippen LogP contribution in [-0.4, -0.2) is 44.8 Å². The summed E-state index contributed by atoms with van der Waals surface area (Å²) in [5.41, 5.74) is 1.30. The highest BCUT2D eigenvalue weighted by Crippen LogP contribution is 2.26. The predicted octanol–water partition coefficient (Wildman–Crippen LogP) is 4.05. The molecule has 0 aliphatic carbocycles. The van der Waals surface area contributed by atoms with Gasteiger partial charge in [0.2, 0.25) is 0 Å². The molecule has 1 atom stereocenters. The Morgan fingerprint density at radius 3 is 2.57 bits per heavy atom. The lowest BCUT2D eigenvalue weighted by atomic mass is 10.1. The lowest BCUT2D eigenvalue weighted by Crippen LogP contribution is -2.37. The second-order valence-electron chi connectivity index (χ2n) is 6.90. The second-order valence-corrected chi connectivity index (χ2v) is 6.90. The standard InChI is InChI=1S/C21H28FN3O3/c1-14(2)28-20-10-9-16(22)12-18(20)24-21(26)23-13-19(25(3)4)15-7-6-8-17(11-15)27-5/h6-12,14,19H,13H2,1-5H3,(H2,23,24,26). The minimum Gasteiger partial charge on any atom is -0.497 e. The van der Waals surface area contributed by atoms with Crippen molar-refractivity contribution >= 4 is 11.7 Å². The first-order chi connectivity index (χ1) is 13.3. The molecule has 2 aromatic carbocycles. The van der Waals surface area contributed by atoms with Crippen molar-refractivity contribution in [1.82, 2.24) is 10.2 Å². The Balaban J connectivity index is 2.06. The zero-order valence-corrected chi connectivity index (χ0v) is 17.0. The summed E-state index contributed by atoms with van der Waals surface area (Å²) in [4.78, 5) is 14.4. The molecule has 0 saturated carbocycles. The van der Waals surface area contributed by atoms with Gasteiger partial charge in [-0.1, -0.05) is 12.1 Å². The Morgan fingerprint density at radius 2 is 1.93 bits per heavy atom. The molecule has 0 bridgehead atoms. The van der Waals surface area contributed by atoms with Gasteiger partial charge in [0.1, 0.15) is 17.3 Å². The molecule has 0 aliphatic heterocycles. The Hall–Kier alpha value is -2.80. The number of hydrogen-bond donors (Lipinski definition) is 2. The Bertz CT molecular complexity index is 796. The molecule has 0 spiro atoms. The molecule has 2 rings (SSSR count). The molecule has 28 heavy (non-hydrogen) atoms. The quantitative estimate of drug-likeness (QED) is 0.715. The largest absolute Gasteiger partial charge is 0.497 e. The number of methoxy groups -OCH3 is 1. The van der Waals surface area contributed by atoms with Gasteiger partial charge in [-0.15, -0.1) is 0 Å². The smallest absolute Gasteiger partial charge is 0.319 e. The highest BCUT2D eigenvalue weighted by molar-refractivity contribution is 5.90. The van der Waals surface area contributed by atoms with Crippen LogP contribution in [0.3, 0.4) is 0 Å². The molecule has 0 saturated heterocycles. The van der Waals surface area contributed by atoms with Crippen molar-refractivity contribution in [3.63, 3.8) is 0 Å². The molecule has 1 unspecified atom stereocenters. The van der Waals surface area contributed by atoms with Crippen LogP contribution in [-0.2, 0) is 0 Å². The summed E-state index contributed by atoms with van der Waals surface area (Å²) in [5, 5.41) is 5.50. The average molecular weight is 389 g/mol. The highest BCUT2D eigenvalue weighted by Gasteiger charge is 2.17. The predicted molar refractivity (Wildman–Crippen MR) is 109 cm³/mol. The molecule has 152 valence electrons. The number of ether oxygens (including phenoxy) is 2. The number of nitrogens with one attached hydrogen (secondary N) is 2. The van der Waals surface area contributed by atoms with E-state index in [2.05, 4.69) is 10.6 Å². The van der Waals surface area contributed by atoms with E-state index in [1.165, 1.54) is 18.2 Å². The maximum atomic E-state index is 13.6. The number of amides is 2. The van der Waals surface area contributed by atoms with Gasteiger partial charge in [-0.3, -0.25) is 0 Å². The third-order valence-corrected chi connectivity index (χ3v) is 4.11. The van der Waals surface area contributed by atoms with E-state index >= 15 is 0 Å². The Kier molecular flexibility index (Phi) is 7.63. The van der Waals surface area contributed by atoms with Crippen LogP contribution in [0.1, 0.15) is 25.5 Å². The summed E-state index contributed by atoms with van der Waals surface area (Å²) >= 11 is 0. The summed E-state index contributed by atoms with van der Waals surface area (Å²) in [7, 11) is 5.49. The molecule has 2 N–H and O–H groups in total. The van der Waals surface area contributed by atoms with Crippen LogP contribution in [0, 0.1) is 5.82 Å². The molecule has 0 fully saturated rings. The first-order valence-corrected chi connectivity index (χ1v) is 9.11. The normalized spacial score (nSPS) is 12.0. The maximum Gasteiger partial charge on any atom is 0.319 e. The van der Waals surface area contributed by atoms with Crippen LogP contribution in [0.15, 0.2) is 42.5 Å². The summed E-state index contributed by atoms with van der Waals surface area (Å²) in [6.45, 7) is 4.09. The van der Waals surface area contributed by atoms with Crippen LogP contribution in [0.25, 0.3) is 0 Å². The van der Waals surface area contributed by atoms with Crippen LogP contribution in [0.4, 0.5) is 14.9 Å². The minimum absolute atomic E-state index is 0.0558. The van der Waals surface area contributed by atoms with Crippen molar-refractivity contribution in [2.75, 3.05) is 33.1 Å². The van der Waals surface area contributed by atoms with Gasteiger partial charge < -0.3 is 25.0 Å². The second kappa shape index (κ2) is 9.94. The number of anilines is 1. The molecule has 2 amide bonds. The maximum absolute atomic E-state index is 13.6. The zero-order valence-electron chi connectivity index (χ0n) is 17.0. The molecule has 6 nitrogen and oxygen atoms in total. The Morgan fingerprint density at radius 1 is 1.18 bits per heavy atom. The van der Waals surface area contributed by atoms with Crippen LogP contribution in [0.5, 0.6) is 11.5 Å². The third-order valence-electron chi connectivity index (χ3n) is 4.11. The molecular weight excluding hydrogens is 361 g/mol. The first-order valence-electron chi connectivity index (χ1n) is 9.11. The Labute approximate surface area is 165 Å². The van der Waals surface area contributed by atoms with E-state index in [1.54, 1.807) is 7.11 Å². The van der Waals surface area contributed by atoms with Gasteiger partial charge in [0.05, 0.1) is 24.9 Å². The van der Waals surface area contributed by atoms with E-state index in [0.717, 1.165) is 11.3 Å². The van der Waals surface area contributed by atoms with Crippen LogP contribution in [0.2, 0.25) is 0 Å². The van der Waals surface area contributed by atoms with Crippen LogP contribution < -0.4 is 20.1 Å². The fourth-order valence-electron chi connectivity index (χ4n) is 2.76. The minimum atomic E-state index is -0.450. The van der Waals surface area contributed by atoms with Crippen molar-refractivity contribution in [2.24, 2.45) is 0 Å². The molecule has 0 aromatic heterocycles. The summed E-state index contributed by atoms with van der Waals surface area (Å²) in [6, 6.07) is 11.2. The zero-order chi connectivity index (χ0) is 20.7. The molecule has 7 heteroatoms. The summed E-state index contributed by atoms with van der Waals surface area (Å²) < 4.78 is 24.5. The van der Waals surface area contributed by atoms with E-state index in [9.17, 15) is 9.18 Å². The monoisotopic (exact) mass is 389 g/mol. The fourth-order valence-corrected chi connectivity index (χ4v) is 2.76. The van der Waals surface area contributed by atoms with Crippen molar-refractivity contribution in [1.29, 1.82) is 0 Å². The van der Waals surface area contributed by atoms with E-state index in [0.29, 0.717) is 12.3 Å².